The molecule has 2 nitrogen and oxygen atoms in total. The monoisotopic (exact) mass is 660 g/mol. The lowest BCUT2D eigenvalue weighted by Gasteiger charge is -2.14. The van der Waals surface area contributed by atoms with Crippen LogP contribution >= 0.6 is 0 Å². The van der Waals surface area contributed by atoms with Crippen molar-refractivity contribution in [3.63, 3.8) is 0 Å². The van der Waals surface area contributed by atoms with E-state index in [2.05, 4.69) is 203 Å². The highest BCUT2D eigenvalue weighted by Gasteiger charge is 2.21. The lowest BCUT2D eigenvalue weighted by molar-refractivity contribution is 1.18. The average molecular weight is 661 g/mol. The zero-order valence-corrected chi connectivity index (χ0v) is 28.4. The lowest BCUT2D eigenvalue weighted by atomic mass is 9.95. The molecular weight excluding hydrogens is 629 g/mol. The van der Waals surface area contributed by atoms with Gasteiger partial charge in [0.15, 0.2) is 0 Å². The van der Waals surface area contributed by atoms with Crippen LogP contribution in [0.15, 0.2) is 194 Å². The van der Waals surface area contributed by atoms with Gasteiger partial charge in [0.1, 0.15) is 0 Å². The summed E-state index contributed by atoms with van der Waals surface area (Å²) in [5.41, 5.74) is 12.1. The van der Waals surface area contributed by atoms with Crippen LogP contribution in [0.2, 0.25) is 0 Å². The average Bonchev–Trinajstić information content (AvgIpc) is 3.72. The van der Waals surface area contributed by atoms with Gasteiger partial charge >= 0.3 is 0 Å². The molecule has 0 amide bonds. The van der Waals surface area contributed by atoms with Crippen molar-refractivity contribution in [3.8, 4) is 33.6 Å². The summed E-state index contributed by atoms with van der Waals surface area (Å²) in [5.74, 6) is 0. The van der Waals surface area contributed by atoms with Crippen molar-refractivity contribution in [2.24, 2.45) is 0 Å². The van der Waals surface area contributed by atoms with Crippen LogP contribution in [0.5, 0.6) is 0 Å². The van der Waals surface area contributed by atoms with Crippen molar-refractivity contribution in [1.82, 2.24) is 9.13 Å². The summed E-state index contributed by atoms with van der Waals surface area (Å²) in [4.78, 5) is 0. The highest BCUT2D eigenvalue weighted by molar-refractivity contribution is 6.26. The van der Waals surface area contributed by atoms with E-state index in [1.54, 1.807) is 0 Å². The summed E-state index contributed by atoms with van der Waals surface area (Å²) >= 11 is 0. The smallest absolute Gasteiger partial charge is 0.0549 e. The fraction of sp³-hybridized carbons (Fsp3) is 0. The van der Waals surface area contributed by atoms with Crippen molar-refractivity contribution >= 4 is 65.2 Å². The maximum absolute atomic E-state index is 2.48. The summed E-state index contributed by atoms with van der Waals surface area (Å²) in [7, 11) is 0. The van der Waals surface area contributed by atoms with Gasteiger partial charge in [0.2, 0.25) is 0 Å². The predicted molar refractivity (Wildman–Crippen MR) is 221 cm³/mol. The maximum atomic E-state index is 2.48. The third-order valence-corrected chi connectivity index (χ3v) is 10.9. The molecule has 2 aromatic heterocycles. The summed E-state index contributed by atoms with van der Waals surface area (Å²) < 4.78 is 4.93. The summed E-state index contributed by atoms with van der Waals surface area (Å²) in [6.45, 7) is 0. The normalized spacial score (nSPS) is 11.8. The fourth-order valence-electron chi connectivity index (χ4n) is 8.62. The van der Waals surface area contributed by atoms with Gasteiger partial charge in [0.25, 0.3) is 0 Å². The second-order valence-electron chi connectivity index (χ2n) is 13.7. The first kappa shape index (κ1) is 28.9. The van der Waals surface area contributed by atoms with Crippen LogP contribution in [-0.4, -0.2) is 9.13 Å². The number of nitrogens with zero attached hydrogens (tertiary/aromatic N) is 2. The summed E-state index contributed by atoms with van der Waals surface area (Å²) in [6, 6.07) is 71.0. The Morgan fingerprint density at radius 1 is 0.269 bits per heavy atom. The number of hydrogen-bond acceptors (Lipinski definition) is 0. The summed E-state index contributed by atoms with van der Waals surface area (Å²) in [6.07, 6.45) is 0. The van der Waals surface area contributed by atoms with Gasteiger partial charge in [0, 0.05) is 32.9 Å². The van der Waals surface area contributed by atoms with E-state index in [0.717, 1.165) is 11.4 Å². The molecule has 9 aromatic carbocycles. The predicted octanol–water partition coefficient (Wildman–Crippen LogP) is 13.5. The van der Waals surface area contributed by atoms with Crippen LogP contribution in [-0.2, 0) is 0 Å². The first-order chi connectivity index (χ1) is 25.8. The Morgan fingerprint density at radius 3 is 1.65 bits per heavy atom. The number of para-hydroxylation sites is 2. The van der Waals surface area contributed by atoms with Crippen molar-refractivity contribution in [2.75, 3.05) is 0 Å². The molecule has 0 atom stereocenters. The molecule has 0 saturated heterocycles. The van der Waals surface area contributed by atoms with Gasteiger partial charge in [-0.25, -0.2) is 0 Å². The molecule has 11 aromatic rings. The highest BCUT2D eigenvalue weighted by Crippen LogP contribution is 2.44. The molecule has 0 aliphatic heterocycles. The minimum absolute atomic E-state index is 1.16. The molecule has 52 heavy (non-hydrogen) atoms. The largest absolute Gasteiger partial charge is 0.309 e. The zero-order chi connectivity index (χ0) is 34.2. The molecule has 0 N–H and O–H groups in total. The van der Waals surface area contributed by atoms with Gasteiger partial charge < -0.3 is 9.13 Å². The molecule has 0 aliphatic rings. The fourth-order valence-corrected chi connectivity index (χ4v) is 8.62. The van der Waals surface area contributed by atoms with Gasteiger partial charge in [-0.05, 0) is 92.3 Å². The molecule has 0 spiro atoms. The van der Waals surface area contributed by atoms with Crippen molar-refractivity contribution < 1.29 is 0 Å². The van der Waals surface area contributed by atoms with Crippen LogP contribution in [0.1, 0.15) is 0 Å². The zero-order valence-electron chi connectivity index (χ0n) is 28.4. The van der Waals surface area contributed by atoms with Crippen molar-refractivity contribution in [1.29, 1.82) is 0 Å². The van der Waals surface area contributed by atoms with Crippen LogP contribution < -0.4 is 0 Å². The molecule has 0 radical (unpaired) electrons. The number of rotatable bonds is 4. The third-order valence-electron chi connectivity index (χ3n) is 10.9. The van der Waals surface area contributed by atoms with E-state index >= 15 is 0 Å². The third kappa shape index (κ3) is 4.25. The summed E-state index contributed by atoms with van der Waals surface area (Å²) in [5, 5.41) is 10.0. The minimum atomic E-state index is 1.16. The van der Waals surface area contributed by atoms with Gasteiger partial charge in [-0.2, -0.15) is 0 Å². The Kier molecular flexibility index (Phi) is 6.28. The van der Waals surface area contributed by atoms with Gasteiger partial charge in [0.05, 0.1) is 22.1 Å². The Labute approximate surface area is 301 Å². The van der Waals surface area contributed by atoms with Crippen LogP contribution in [0, 0.1) is 0 Å². The molecule has 2 heterocycles. The molecule has 11 rings (SSSR count). The van der Waals surface area contributed by atoms with Crippen LogP contribution in [0.25, 0.3) is 98.8 Å². The van der Waals surface area contributed by atoms with E-state index in [4.69, 9.17) is 0 Å². The quantitative estimate of drug-likeness (QED) is 0.178. The van der Waals surface area contributed by atoms with E-state index in [1.165, 1.54) is 87.4 Å². The topological polar surface area (TPSA) is 9.86 Å². The molecule has 0 aliphatic carbocycles. The Bertz CT molecular complexity index is 3150. The highest BCUT2D eigenvalue weighted by atomic mass is 15.0. The van der Waals surface area contributed by atoms with Crippen molar-refractivity contribution in [3.05, 3.63) is 194 Å². The molecule has 2 heteroatoms. The lowest BCUT2D eigenvalue weighted by Crippen LogP contribution is -1.96. The molecule has 242 valence electrons. The first-order valence-corrected chi connectivity index (χ1v) is 17.9. The van der Waals surface area contributed by atoms with E-state index in [-0.39, 0.29) is 0 Å². The maximum Gasteiger partial charge on any atom is 0.0549 e. The Hall–Kier alpha value is -6.90. The van der Waals surface area contributed by atoms with Gasteiger partial charge in [-0.1, -0.05) is 146 Å². The number of benzene rings is 9. The second kappa shape index (κ2) is 11.3. The van der Waals surface area contributed by atoms with Crippen LogP contribution in [0.4, 0.5) is 0 Å². The van der Waals surface area contributed by atoms with Crippen LogP contribution in [0.3, 0.4) is 0 Å². The van der Waals surface area contributed by atoms with E-state index in [0.29, 0.717) is 0 Å². The van der Waals surface area contributed by atoms with Gasteiger partial charge in [-0.3, -0.25) is 0 Å². The second-order valence-corrected chi connectivity index (χ2v) is 13.7. The minimum Gasteiger partial charge on any atom is -0.309 e. The Balaban J connectivity index is 1.29. The SMILES string of the molecule is c1ccc(-c2cc(-n3c4ccccc4c4cc5c(cc43)c3c4cccc(-c6ccccc6)c4ccc3n5-c3ccccc3)cc3ccccc23)cc1. The molecule has 0 bridgehead atoms. The first-order valence-electron chi connectivity index (χ1n) is 17.9. The molecule has 0 saturated carbocycles. The molecule has 0 fully saturated rings. The number of hydrogen-bond donors (Lipinski definition) is 0. The standard InChI is InChI=1S/C50H32N2/c1-4-15-33(16-5-1)38-24-14-25-42-40(38)27-28-47-50(42)45-32-48-44(31-49(45)51(47)36-20-8-3-9-21-36)41-23-12-13-26-46(41)52(48)37-29-35-19-10-11-22-39(35)43(30-37)34-17-6-2-7-18-34/h1-32H. The van der Waals surface area contributed by atoms with Crippen molar-refractivity contribution in [2.45, 2.75) is 0 Å². The van der Waals surface area contributed by atoms with E-state index < -0.39 is 0 Å². The van der Waals surface area contributed by atoms with Gasteiger partial charge in [-0.15, -0.1) is 0 Å². The molecular formula is C50H32N2. The Morgan fingerprint density at radius 2 is 0.865 bits per heavy atom. The number of fused-ring (bicyclic) bond motifs is 9. The van der Waals surface area contributed by atoms with E-state index in [1.807, 2.05) is 0 Å². The molecule has 0 unspecified atom stereocenters. The van der Waals surface area contributed by atoms with E-state index in [9.17, 15) is 0 Å². The number of aromatic nitrogens is 2.